The minimum absolute atomic E-state index is 0.125. The average molecular weight is 437 g/mol. The minimum atomic E-state index is -0.846. The van der Waals surface area contributed by atoms with Crippen molar-refractivity contribution >= 4 is 11.9 Å². The normalized spacial score (nSPS) is 33.1. The molecule has 2 fully saturated rings. The number of ether oxygens (including phenoxy) is 1. The summed E-state index contributed by atoms with van der Waals surface area (Å²) in [6.07, 6.45) is 13.5. The Morgan fingerprint density at radius 2 is 1.48 bits per heavy atom. The predicted molar refractivity (Wildman–Crippen MR) is 126 cm³/mol. The SMILES string of the molecule is CCCCCCCCC1C(C)CC(C)C(COC(=O)C2CCCCC2C(=O)O)C1(C)C. The molecule has 2 saturated carbocycles. The van der Waals surface area contributed by atoms with Gasteiger partial charge in [0, 0.05) is 5.92 Å². The van der Waals surface area contributed by atoms with Gasteiger partial charge in [-0.05, 0) is 48.9 Å². The third kappa shape index (κ3) is 6.96. The molecule has 0 heterocycles. The fourth-order valence-corrected chi connectivity index (χ4v) is 6.82. The van der Waals surface area contributed by atoms with Crippen LogP contribution in [0, 0.1) is 40.9 Å². The maximum atomic E-state index is 12.8. The van der Waals surface area contributed by atoms with Crippen molar-refractivity contribution in [3.05, 3.63) is 0 Å². The van der Waals surface area contributed by atoms with E-state index in [1.54, 1.807) is 0 Å². The summed E-state index contributed by atoms with van der Waals surface area (Å²) in [5, 5.41) is 9.51. The Balaban J connectivity index is 1.94. The van der Waals surface area contributed by atoms with Crippen LogP contribution in [-0.2, 0) is 14.3 Å². The van der Waals surface area contributed by atoms with E-state index in [0.29, 0.717) is 43.1 Å². The van der Waals surface area contributed by atoms with E-state index in [9.17, 15) is 14.7 Å². The van der Waals surface area contributed by atoms with Crippen LogP contribution in [0.5, 0.6) is 0 Å². The molecule has 2 aliphatic carbocycles. The average Bonchev–Trinajstić information content (AvgIpc) is 2.71. The van der Waals surface area contributed by atoms with E-state index >= 15 is 0 Å². The van der Waals surface area contributed by atoms with Gasteiger partial charge in [0.2, 0.25) is 0 Å². The zero-order valence-electron chi connectivity index (χ0n) is 20.8. The Morgan fingerprint density at radius 1 is 0.903 bits per heavy atom. The lowest BCUT2D eigenvalue weighted by atomic mass is 9.54. The number of carbonyl (C=O) groups is 2. The van der Waals surface area contributed by atoms with Crippen LogP contribution in [0.25, 0.3) is 0 Å². The van der Waals surface area contributed by atoms with Crippen molar-refractivity contribution in [3.8, 4) is 0 Å². The molecule has 0 aromatic rings. The summed E-state index contributed by atoms with van der Waals surface area (Å²) in [6.45, 7) is 12.2. The third-order valence-electron chi connectivity index (χ3n) is 8.69. The zero-order chi connectivity index (χ0) is 23.0. The fourth-order valence-electron chi connectivity index (χ4n) is 6.82. The third-order valence-corrected chi connectivity index (χ3v) is 8.69. The summed E-state index contributed by atoms with van der Waals surface area (Å²) in [7, 11) is 0. The van der Waals surface area contributed by atoms with Crippen LogP contribution in [0.2, 0.25) is 0 Å². The topological polar surface area (TPSA) is 63.6 Å². The molecule has 2 rings (SSSR count). The number of carboxylic acids is 1. The van der Waals surface area contributed by atoms with Gasteiger partial charge in [-0.25, -0.2) is 0 Å². The lowest BCUT2D eigenvalue weighted by Gasteiger charge is -2.51. The summed E-state index contributed by atoms with van der Waals surface area (Å²) in [5.41, 5.74) is 0.125. The van der Waals surface area contributed by atoms with Crippen molar-refractivity contribution in [1.82, 2.24) is 0 Å². The second kappa shape index (κ2) is 12.3. The van der Waals surface area contributed by atoms with Gasteiger partial charge in [-0.15, -0.1) is 0 Å². The van der Waals surface area contributed by atoms with E-state index in [1.807, 2.05) is 0 Å². The molecule has 0 aromatic carbocycles. The monoisotopic (exact) mass is 436 g/mol. The van der Waals surface area contributed by atoms with E-state index < -0.39 is 17.8 Å². The van der Waals surface area contributed by atoms with E-state index in [2.05, 4.69) is 34.6 Å². The second-order valence-corrected chi connectivity index (χ2v) is 11.2. The molecule has 0 saturated heterocycles. The molecule has 180 valence electrons. The van der Waals surface area contributed by atoms with Gasteiger partial charge in [-0.1, -0.05) is 86.0 Å². The Bertz CT molecular complexity index is 570. The van der Waals surface area contributed by atoms with Crippen molar-refractivity contribution in [3.63, 3.8) is 0 Å². The Hall–Kier alpha value is -1.06. The highest BCUT2D eigenvalue weighted by Gasteiger charge is 2.47. The first-order valence-electron chi connectivity index (χ1n) is 13.1. The quantitative estimate of drug-likeness (QED) is 0.277. The van der Waals surface area contributed by atoms with Crippen LogP contribution in [-0.4, -0.2) is 23.7 Å². The summed E-state index contributed by atoms with van der Waals surface area (Å²) < 4.78 is 5.86. The molecule has 4 nitrogen and oxygen atoms in total. The highest BCUT2D eigenvalue weighted by Crippen LogP contribution is 2.52. The number of esters is 1. The molecule has 1 N–H and O–H groups in total. The predicted octanol–water partition coefficient (Wildman–Crippen LogP) is 7.11. The number of carbonyl (C=O) groups excluding carboxylic acids is 1. The lowest BCUT2D eigenvalue weighted by molar-refractivity contribution is -0.164. The van der Waals surface area contributed by atoms with E-state index in [0.717, 1.165) is 12.8 Å². The summed E-state index contributed by atoms with van der Waals surface area (Å²) in [4.78, 5) is 24.4. The molecule has 0 aromatic heterocycles. The summed E-state index contributed by atoms with van der Waals surface area (Å²) in [5.74, 6) is 0.0406. The van der Waals surface area contributed by atoms with Gasteiger partial charge < -0.3 is 9.84 Å². The van der Waals surface area contributed by atoms with Gasteiger partial charge in [-0.3, -0.25) is 9.59 Å². The maximum Gasteiger partial charge on any atom is 0.309 e. The van der Waals surface area contributed by atoms with Crippen LogP contribution in [0.3, 0.4) is 0 Å². The molecule has 31 heavy (non-hydrogen) atoms. The molecular weight excluding hydrogens is 388 g/mol. The smallest absolute Gasteiger partial charge is 0.309 e. The van der Waals surface area contributed by atoms with Crippen molar-refractivity contribution < 1.29 is 19.4 Å². The number of unbranched alkanes of at least 4 members (excludes halogenated alkanes) is 5. The lowest BCUT2D eigenvalue weighted by Crippen LogP contribution is -2.47. The summed E-state index contributed by atoms with van der Waals surface area (Å²) >= 11 is 0. The molecule has 0 amide bonds. The Kier molecular flexibility index (Phi) is 10.4. The van der Waals surface area contributed by atoms with Gasteiger partial charge >= 0.3 is 11.9 Å². The first kappa shape index (κ1) is 26.2. The molecule has 4 heteroatoms. The molecule has 6 unspecified atom stereocenters. The van der Waals surface area contributed by atoms with Gasteiger partial charge in [0.25, 0.3) is 0 Å². The first-order valence-corrected chi connectivity index (χ1v) is 13.1. The number of hydrogen-bond acceptors (Lipinski definition) is 3. The van der Waals surface area contributed by atoms with Crippen molar-refractivity contribution in [2.75, 3.05) is 6.61 Å². The number of rotatable bonds is 11. The van der Waals surface area contributed by atoms with E-state index in [4.69, 9.17) is 4.74 Å². The number of carboxylic acid groups (broad SMARTS) is 1. The standard InChI is InChI=1S/C27H48O4/c1-6-7-8-9-10-11-16-23-19(2)17-20(3)24(27(23,4)5)18-31-26(30)22-15-13-12-14-21(22)25(28)29/h19-24H,6-18H2,1-5H3,(H,28,29). The number of aliphatic carboxylic acids is 1. The van der Waals surface area contributed by atoms with E-state index in [-0.39, 0.29) is 11.4 Å². The van der Waals surface area contributed by atoms with Crippen LogP contribution >= 0.6 is 0 Å². The fraction of sp³-hybridized carbons (Fsp3) is 0.926. The molecule has 2 aliphatic rings. The molecule has 0 bridgehead atoms. The minimum Gasteiger partial charge on any atom is -0.481 e. The van der Waals surface area contributed by atoms with Crippen molar-refractivity contribution in [2.24, 2.45) is 40.9 Å². The largest absolute Gasteiger partial charge is 0.481 e. The Labute approximate surface area is 190 Å². The highest BCUT2D eigenvalue weighted by molar-refractivity contribution is 5.81. The van der Waals surface area contributed by atoms with Gasteiger partial charge in [0.15, 0.2) is 0 Å². The van der Waals surface area contributed by atoms with Gasteiger partial charge in [-0.2, -0.15) is 0 Å². The van der Waals surface area contributed by atoms with E-state index in [1.165, 1.54) is 51.4 Å². The first-order chi connectivity index (χ1) is 14.7. The molecule has 6 atom stereocenters. The van der Waals surface area contributed by atoms with Crippen molar-refractivity contribution in [1.29, 1.82) is 0 Å². The summed E-state index contributed by atoms with van der Waals surface area (Å²) in [6, 6.07) is 0. The number of hydrogen-bond donors (Lipinski definition) is 1. The van der Waals surface area contributed by atoms with Crippen LogP contribution < -0.4 is 0 Å². The van der Waals surface area contributed by atoms with Crippen molar-refractivity contribution in [2.45, 2.75) is 112 Å². The molecule has 0 aliphatic heterocycles. The zero-order valence-corrected chi connectivity index (χ0v) is 20.8. The van der Waals surface area contributed by atoms with Crippen LogP contribution in [0.15, 0.2) is 0 Å². The highest BCUT2D eigenvalue weighted by atomic mass is 16.5. The molecule has 0 radical (unpaired) electrons. The Morgan fingerprint density at radius 3 is 2.13 bits per heavy atom. The maximum absolute atomic E-state index is 12.8. The van der Waals surface area contributed by atoms with Gasteiger partial charge in [0.05, 0.1) is 18.4 Å². The van der Waals surface area contributed by atoms with Crippen LogP contribution in [0.1, 0.15) is 112 Å². The second-order valence-electron chi connectivity index (χ2n) is 11.2. The molecular formula is C27H48O4. The van der Waals surface area contributed by atoms with Gasteiger partial charge in [0.1, 0.15) is 0 Å². The molecule has 0 spiro atoms. The van der Waals surface area contributed by atoms with Crippen LogP contribution in [0.4, 0.5) is 0 Å².